The van der Waals surface area contributed by atoms with Crippen LogP contribution in [0.5, 0.6) is 0 Å². The van der Waals surface area contributed by atoms with Gasteiger partial charge in [-0.25, -0.2) is 0 Å². The average Bonchev–Trinajstić information content (AvgIpc) is 2.94. The molecule has 2 fully saturated rings. The number of nitrogens with one attached hydrogen (secondary N) is 1. The lowest BCUT2D eigenvalue weighted by molar-refractivity contribution is 0.248. The van der Waals surface area contributed by atoms with Gasteiger partial charge in [-0.15, -0.1) is 0 Å². The summed E-state index contributed by atoms with van der Waals surface area (Å²) in [6, 6.07) is 1.65. The van der Waals surface area contributed by atoms with Gasteiger partial charge in [-0.3, -0.25) is 0 Å². The van der Waals surface area contributed by atoms with E-state index in [0.29, 0.717) is 0 Å². The first kappa shape index (κ1) is 10.4. The molecule has 82 valence electrons. The molecule has 14 heavy (non-hydrogen) atoms. The van der Waals surface area contributed by atoms with Gasteiger partial charge in [0.2, 0.25) is 0 Å². The number of hydrogen-bond acceptors (Lipinski definition) is 3. The molecule has 1 heterocycles. The minimum atomic E-state index is 0.737. The molecule has 3 heteroatoms. The van der Waals surface area contributed by atoms with Crippen molar-refractivity contribution in [2.75, 3.05) is 40.3 Å². The summed E-state index contributed by atoms with van der Waals surface area (Å²) in [6.07, 6.45) is 4.18. The van der Waals surface area contributed by atoms with Crippen LogP contribution in [0.4, 0.5) is 0 Å². The molecule has 1 aliphatic heterocycles. The molecule has 2 aliphatic rings. The minimum Gasteiger partial charge on any atom is -0.316 e. The molecular weight excluding hydrogens is 174 g/mol. The molecule has 3 nitrogen and oxygen atoms in total. The third-order valence-electron chi connectivity index (χ3n) is 3.62. The number of rotatable bonds is 5. The van der Waals surface area contributed by atoms with Gasteiger partial charge in [0.25, 0.3) is 0 Å². The lowest BCUT2D eigenvalue weighted by Gasteiger charge is -2.21. The van der Waals surface area contributed by atoms with Crippen LogP contribution in [-0.2, 0) is 0 Å². The van der Waals surface area contributed by atoms with Crippen molar-refractivity contribution >= 4 is 0 Å². The number of likely N-dealkylation sites (N-methyl/N-ethyl adjacent to an activating group) is 2. The van der Waals surface area contributed by atoms with Crippen molar-refractivity contribution < 1.29 is 0 Å². The van der Waals surface area contributed by atoms with Crippen LogP contribution in [0.2, 0.25) is 0 Å². The second-order valence-corrected chi connectivity index (χ2v) is 4.79. The van der Waals surface area contributed by atoms with Crippen molar-refractivity contribution in [2.45, 2.75) is 31.3 Å². The van der Waals surface area contributed by atoms with Gasteiger partial charge in [-0.2, -0.15) is 0 Å². The van der Waals surface area contributed by atoms with Gasteiger partial charge in [-0.05, 0) is 39.9 Å². The molecule has 0 aromatic carbocycles. The summed E-state index contributed by atoms with van der Waals surface area (Å²) in [4.78, 5) is 5.10. The number of likely N-dealkylation sites (tertiary alicyclic amines) is 1. The van der Waals surface area contributed by atoms with E-state index >= 15 is 0 Å². The number of nitrogens with zero attached hydrogens (tertiary/aromatic N) is 2. The molecule has 1 saturated carbocycles. The molecule has 2 rings (SSSR count). The molecule has 1 unspecified atom stereocenters. The van der Waals surface area contributed by atoms with E-state index in [2.05, 4.69) is 29.2 Å². The van der Waals surface area contributed by atoms with Gasteiger partial charge >= 0.3 is 0 Å². The molecule has 0 aromatic rings. The molecular formula is C11H23N3. The van der Waals surface area contributed by atoms with Crippen LogP contribution in [0.3, 0.4) is 0 Å². The van der Waals surface area contributed by atoms with E-state index in [1.165, 1.54) is 45.4 Å². The zero-order chi connectivity index (χ0) is 9.97. The summed E-state index contributed by atoms with van der Waals surface area (Å²) < 4.78 is 0. The van der Waals surface area contributed by atoms with Crippen LogP contribution in [0, 0.1) is 0 Å². The van der Waals surface area contributed by atoms with Crippen molar-refractivity contribution in [1.29, 1.82) is 0 Å². The van der Waals surface area contributed by atoms with Gasteiger partial charge in [-0.1, -0.05) is 0 Å². The van der Waals surface area contributed by atoms with Crippen molar-refractivity contribution in [2.24, 2.45) is 0 Å². The Morgan fingerprint density at radius 3 is 2.71 bits per heavy atom. The lowest BCUT2D eigenvalue weighted by atomic mass is 10.3. The highest BCUT2D eigenvalue weighted by atomic mass is 15.2. The molecule has 0 bridgehead atoms. The molecule has 1 aliphatic carbocycles. The normalized spacial score (nSPS) is 28.9. The predicted molar refractivity (Wildman–Crippen MR) is 59.6 cm³/mol. The minimum absolute atomic E-state index is 0.737. The molecule has 0 spiro atoms. The molecule has 0 aromatic heterocycles. The van der Waals surface area contributed by atoms with E-state index in [4.69, 9.17) is 0 Å². The first-order valence-electron chi connectivity index (χ1n) is 5.89. The maximum atomic E-state index is 3.36. The van der Waals surface area contributed by atoms with Crippen molar-refractivity contribution in [1.82, 2.24) is 15.1 Å². The monoisotopic (exact) mass is 197 g/mol. The van der Waals surface area contributed by atoms with Crippen molar-refractivity contribution in [3.63, 3.8) is 0 Å². The standard InChI is InChI=1S/C11H23N3/c1-12-10-5-6-14(9-10)8-7-13(2)11-3-4-11/h10-12H,3-9H2,1-2H3. The Morgan fingerprint density at radius 1 is 1.36 bits per heavy atom. The highest BCUT2D eigenvalue weighted by Crippen LogP contribution is 2.25. The molecule has 1 N–H and O–H groups in total. The van der Waals surface area contributed by atoms with Crippen molar-refractivity contribution in [3.8, 4) is 0 Å². The third kappa shape index (κ3) is 2.69. The van der Waals surface area contributed by atoms with E-state index in [0.717, 1.165) is 12.1 Å². The topological polar surface area (TPSA) is 18.5 Å². The van der Waals surface area contributed by atoms with Crippen LogP contribution in [0.15, 0.2) is 0 Å². The number of hydrogen-bond donors (Lipinski definition) is 1. The largest absolute Gasteiger partial charge is 0.316 e. The Kier molecular flexibility index (Phi) is 3.42. The van der Waals surface area contributed by atoms with Gasteiger partial charge in [0.15, 0.2) is 0 Å². The maximum Gasteiger partial charge on any atom is 0.0204 e. The quantitative estimate of drug-likeness (QED) is 0.687. The smallest absolute Gasteiger partial charge is 0.0204 e. The Balaban J connectivity index is 1.61. The summed E-state index contributed by atoms with van der Waals surface area (Å²) in [6.45, 7) is 5.03. The van der Waals surface area contributed by atoms with Crippen molar-refractivity contribution in [3.05, 3.63) is 0 Å². The second kappa shape index (κ2) is 4.60. The summed E-state index contributed by atoms with van der Waals surface area (Å²) in [5.74, 6) is 0. The Morgan fingerprint density at radius 2 is 2.14 bits per heavy atom. The van der Waals surface area contributed by atoms with Crippen LogP contribution >= 0.6 is 0 Å². The fourth-order valence-corrected chi connectivity index (χ4v) is 2.27. The second-order valence-electron chi connectivity index (χ2n) is 4.79. The maximum absolute atomic E-state index is 3.36. The van der Waals surface area contributed by atoms with Crippen LogP contribution < -0.4 is 5.32 Å². The fourth-order valence-electron chi connectivity index (χ4n) is 2.27. The van der Waals surface area contributed by atoms with Gasteiger partial charge in [0.05, 0.1) is 0 Å². The average molecular weight is 197 g/mol. The lowest BCUT2D eigenvalue weighted by Crippen LogP contribution is -2.35. The summed E-state index contributed by atoms with van der Waals surface area (Å²) in [5, 5.41) is 3.36. The highest BCUT2D eigenvalue weighted by Gasteiger charge is 2.27. The van der Waals surface area contributed by atoms with Crippen LogP contribution in [0.25, 0.3) is 0 Å². The van der Waals surface area contributed by atoms with Gasteiger partial charge in [0, 0.05) is 31.7 Å². The summed E-state index contributed by atoms with van der Waals surface area (Å²) in [5.41, 5.74) is 0. The van der Waals surface area contributed by atoms with E-state index in [1.807, 2.05) is 0 Å². The summed E-state index contributed by atoms with van der Waals surface area (Å²) in [7, 11) is 4.34. The highest BCUT2D eigenvalue weighted by molar-refractivity contribution is 4.84. The van der Waals surface area contributed by atoms with Crippen LogP contribution in [-0.4, -0.2) is 62.2 Å². The molecule has 0 amide bonds. The first-order valence-corrected chi connectivity index (χ1v) is 5.89. The zero-order valence-corrected chi connectivity index (χ0v) is 9.50. The summed E-state index contributed by atoms with van der Waals surface area (Å²) >= 11 is 0. The Bertz CT molecular complexity index is 179. The molecule has 0 radical (unpaired) electrons. The van der Waals surface area contributed by atoms with E-state index in [1.54, 1.807) is 0 Å². The SMILES string of the molecule is CNC1CCN(CCN(C)C2CC2)C1. The molecule has 1 atom stereocenters. The van der Waals surface area contributed by atoms with E-state index < -0.39 is 0 Å². The predicted octanol–water partition coefficient (Wildman–Crippen LogP) is 0.374. The fraction of sp³-hybridized carbons (Fsp3) is 1.00. The molecule has 1 saturated heterocycles. The Hall–Kier alpha value is -0.120. The first-order chi connectivity index (χ1) is 6.79. The van der Waals surface area contributed by atoms with E-state index in [9.17, 15) is 0 Å². The van der Waals surface area contributed by atoms with Gasteiger partial charge in [0.1, 0.15) is 0 Å². The van der Waals surface area contributed by atoms with Gasteiger partial charge < -0.3 is 15.1 Å². The van der Waals surface area contributed by atoms with E-state index in [-0.39, 0.29) is 0 Å². The Labute approximate surface area is 87.4 Å². The zero-order valence-electron chi connectivity index (χ0n) is 9.50. The van der Waals surface area contributed by atoms with Crippen LogP contribution in [0.1, 0.15) is 19.3 Å². The third-order valence-corrected chi connectivity index (χ3v) is 3.62.